The van der Waals surface area contributed by atoms with Crippen molar-refractivity contribution in [1.29, 1.82) is 0 Å². The minimum Gasteiger partial charge on any atom is -0.264 e. The molecule has 0 aliphatic rings. The smallest absolute Gasteiger partial charge is 0.0973 e. The van der Waals surface area contributed by atoms with E-state index < -0.39 is 0 Å². The molecule has 36 heavy (non-hydrogen) atoms. The van der Waals surface area contributed by atoms with Gasteiger partial charge in [-0.2, -0.15) is 0 Å². The lowest BCUT2D eigenvalue weighted by Gasteiger charge is -2.26. The van der Waals surface area contributed by atoms with E-state index in [9.17, 15) is 0 Å². The molecule has 0 atom stereocenters. The Hall–Kier alpha value is -3.85. The molecular formula is C33H33N3. The number of fused-ring (bicyclic) bond motifs is 1. The van der Waals surface area contributed by atoms with Crippen LogP contribution in [0.1, 0.15) is 52.7 Å². The normalized spacial score (nSPS) is 12.2. The number of hydrogen-bond acceptors (Lipinski definition) is 3. The van der Waals surface area contributed by atoms with Crippen LogP contribution in [0, 0.1) is 0 Å². The molecule has 0 N–H and O–H groups in total. The van der Waals surface area contributed by atoms with E-state index in [1.54, 1.807) is 6.20 Å². The number of nitrogens with zero attached hydrogens (tertiary/aromatic N) is 3. The van der Waals surface area contributed by atoms with Crippen LogP contribution in [0.3, 0.4) is 0 Å². The van der Waals surface area contributed by atoms with Crippen LogP contribution in [0.25, 0.3) is 44.7 Å². The van der Waals surface area contributed by atoms with Crippen LogP contribution in [0.2, 0.25) is 0 Å². The second-order valence-corrected chi connectivity index (χ2v) is 11.5. The molecule has 0 saturated heterocycles. The first kappa shape index (κ1) is 23.9. The zero-order valence-corrected chi connectivity index (χ0v) is 22.0. The molecule has 0 saturated carbocycles. The Labute approximate surface area is 214 Å². The van der Waals surface area contributed by atoms with E-state index in [-0.39, 0.29) is 10.8 Å². The minimum atomic E-state index is -0.0565. The predicted molar refractivity (Wildman–Crippen MR) is 151 cm³/mol. The van der Waals surface area contributed by atoms with Crippen LogP contribution >= 0.6 is 0 Å². The molecule has 0 fully saturated rings. The van der Waals surface area contributed by atoms with Gasteiger partial charge in [-0.15, -0.1) is 0 Å². The Balaban J connectivity index is 1.80. The molecule has 0 amide bonds. The van der Waals surface area contributed by atoms with E-state index in [1.807, 2.05) is 18.3 Å². The molecule has 3 aromatic carbocycles. The number of rotatable bonds is 3. The summed E-state index contributed by atoms with van der Waals surface area (Å²) >= 11 is 0. The molecule has 0 aliphatic heterocycles. The quantitative estimate of drug-likeness (QED) is 0.264. The van der Waals surface area contributed by atoms with Gasteiger partial charge in [0.05, 0.1) is 22.4 Å². The van der Waals surface area contributed by atoms with E-state index in [0.29, 0.717) is 0 Å². The van der Waals surface area contributed by atoms with E-state index in [2.05, 4.69) is 113 Å². The van der Waals surface area contributed by atoms with E-state index in [4.69, 9.17) is 9.97 Å². The first-order chi connectivity index (χ1) is 17.1. The minimum absolute atomic E-state index is 0.0514. The van der Waals surface area contributed by atoms with Crippen molar-refractivity contribution in [2.75, 3.05) is 0 Å². The summed E-state index contributed by atoms with van der Waals surface area (Å²) in [6, 6.07) is 27.5. The van der Waals surface area contributed by atoms with Gasteiger partial charge >= 0.3 is 0 Å². The summed E-state index contributed by atoms with van der Waals surface area (Å²) < 4.78 is 0. The fraction of sp³-hybridized carbons (Fsp3) is 0.242. The van der Waals surface area contributed by atoms with Crippen molar-refractivity contribution < 1.29 is 0 Å². The highest BCUT2D eigenvalue weighted by atomic mass is 14.8. The van der Waals surface area contributed by atoms with Gasteiger partial charge in [-0.1, -0.05) is 114 Å². The molecule has 180 valence electrons. The number of hydrogen-bond donors (Lipinski definition) is 0. The first-order valence-corrected chi connectivity index (χ1v) is 12.5. The molecule has 3 heteroatoms. The van der Waals surface area contributed by atoms with Crippen molar-refractivity contribution in [3.8, 4) is 33.6 Å². The zero-order chi connectivity index (χ0) is 25.5. The maximum Gasteiger partial charge on any atom is 0.0973 e. The average Bonchev–Trinajstić information content (AvgIpc) is 2.87. The van der Waals surface area contributed by atoms with Gasteiger partial charge in [0.2, 0.25) is 0 Å². The zero-order valence-electron chi connectivity index (χ0n) is 22.0. The predicted octanol–water partition coefficient (Wildman–Crippen LogP) is 8.62. The van der Waals surface area contributed by atoms with Gasteiger partial charge in [-0.25, -0.2) is 9.97 Å². The lowest BCUT2D eigenvalue weighted by Crippen LogP contribution is -2.17. The van der Waals surface area contributed by atoms with Crippen molar-refractivity contribution in [3.05, 3.63) is 102 Å². The molecule has 5 rings (SSSR count). The highest BCUT2D eigenvalue weighted by Gasteiger charge is 2.26. The Morgan fingerprint density at radius 3 is 1.42 bits per heavy atom. The van der Waals surface area contributed by atoms with Crippen molar-refractivity contribution >= 4 is 11.0 Å². The monoisotopic (exact) mass is 471 g/mol. The fourth-order valence-electron chi connectivity index (χ4n) is 4.70. The van der Waals surface area contributed by atoms with Gasteiger partial charge in [0.15, 0.2) is 0 Å². The van der Waals surface area contributed by atoms with Crippen molar-refractivity contribution in [2.45, 2.75) is 52.4 Å². The van der Waals surface area contributed by atoms with E-state index in [0.717, 1.165) is 44.7 Å². The molecule has 0 radical (unpaired) electrons. The molecule has 2 heterocycles. The largest absolute Gasteiger partial charge is 0.264 e. The summed E-state index contributed by atoms with van der Waals surface area (Å²) in [6.45, 7) is 13.5. The number of aromatic nitrogens is 3. The molecular weight excluding hydrogens is 438 g/mol. The number of benzene rings is 3. The summed E-state index contributed by atoms with van der Waals surface area (Å²) in [4.78, 5) is 15.0. The van der Waals surface area contributed by atoms with Crippen LogP contribution in [0.5, 0.6) is 0 Å². The Morgan fingerprint density at radius 2 is 0.944 bits per heavy atom. The van der Waals surface area contributed by atoms with Gasteiger partial charge < -0.3 is 0 Å². The van der Waals surface area contributed by atoms with Crippen LogP contribution < -0.4 is 0 Å². The van der Waals surface area contributed by atoms with Crippen molar-refractivity contribution in [2.24, 2.45) is 0 Å². The third-order valence-electron chi connectivity index (χ3n) is 6.64. The van der Waals surface area contributed by atoms with Crippen LogP contribution in [-0.2, 0) is 10.8 Å². The van der Waals surface area contributed by atoms with Crippen LogP contribution in [0.15, 0.2) is 91.3 Å². The first-order valence-electron chi connectivity index (χ1n) is 12.5. The Bertz CT molecular complexity index is 1510. The molecule has 0 bridgehead atoms. The molecule has 5 aromatic rings. The summed E-state index contributed by atoms with van der Waals surface area (Å²) in [7, 11) is 0. The highest BCUT2D eigenvalue weighted by Crippen LogP contribution is 2.39. The number of pyridine rings is 1. The third kappa shape index (κ3) is 4.54. The molecule has 3 nitrogen and oxygen atoms in total. The summed E-state index contributed by atoms with van der Waals surface area (Å²) in [6.07, 6.45) is 3.69. The van der Waals surface area contributed by atoms with Crippen LogP contribution in [-0.4, -0.2) is 15.0 Å². The van der Waals surface area contributed by atoms with E-state index >= 15 is 0 Å². The summed E-state index contributed by atoms with van der Waals surface area (Å²) in [5.41, 5.74) is 10.5. The van der Waals surface area contributed by atoms with Crippen molar-refractivity contribution in [1.82, 2.24) is 15.0 Å². The van der Waals surface area contributed by atoms with Gasteiger partial charge in [0, 0.05) is 23.5 Å². The maximum atomic E-state index is 5.39. The van der Waals surface area contributed by atoms with E-state index in [1.165, 1.54) is 11.1 Å². The summed E-state index contributed by atoms with van der Waals surface area (Å²) in [5, 5.41) is 0. The average molecular weight is 472 g/mol. The molecule has 2 aromatic heterocycles. The third-order valence-corrected chi connectivity index (χ3v) is 6.64. The molecule has 0 unspecified atom stereocenters. The molecule has 0 spiro atoms. The van der Waals surface area contributed by atoms with Crippen molar-refractivity contribution in [3.63, 3.8) is 0 Å². The van der Waals surface area contributed by atoms with Gasteiger partial charge in [0.25, 0.3) is 0 Å². The highest BCUT2D eigenvalue weighted by molar-refractivity contribution is 5.91. The standard InChI is InChI=1S/C33H33N3/c1-32(2,3)26-18-19-27(33(4,5)6)31-30(26)35-28(23-11-8-7-9-12-23)29(36-31)24-16-14-22(15-17-24)25-13-10-20-34-21-25/h7-21H,1-6H3. The Morgan fingerprint density at radius 1 is 0.472 bits per heavy atom. The summed E-state index contributed by atoms with van der Waals surface area (Å²) in [5.74, 6) is 0. The van der Waals surface area contributed by atoms with Gasteiger partial charge in [0.1, 0.15) is 0 Å². The topological polar surface area (TPSA) is 38.7 Å². The maximum absolute atomic E-state index is 5.39. The SMILES string of the molecule is CC(C)(C)c1ccc(C(C)(C)C)c2nc(-c3ccc(-c4cccnc4)cc3)c(-c3ccccc3)nc12. The Kier molecular flexibility index (Phi) is 5.96. The second kappa shape index (κ2) is 8.98. The lowest BCUT2D eigenvalue weighted by molar-refractivity contribution is 0.583. The lowest BCUT2D eigenvalue weighted by atomic mass is 9.80. The fourth-order valence-corrected chi connectivity index (χ4v) is 4.70. The molecule has 0 aliphatic carbocycles. The van der Waals surface area contributed by atoms with Gasteiger partial charge in [-0.3, -0.25) is 4.98 Å². The van der Waals surface area contributed by atoms with Crippen LogP contribution in [0.4, 0.5) is 0 Å². The second-order valence-electron chi connectivity index (χ2n) is 11.5. The van der Waals surface area contributed by atoms with Gasteiger partial charge in [-0.05, 0) is 39.2 Å².